The van der Waals surface area contributed by atoms with Gasteiger partial charge in [0.25, 0.3) is 0 Å². The molecular weight excluding hydrogens is 811 g/mol. The van der Waals surface area contributed by atoms with Crippen molar-refractivity contribution in [3.8, 4) is 0 Å². The van der Waals surface area contributed by atoms with Gasteiger partial charge in [-0.15, -0.1) is 0 Å². The second-order valence-corrected chi connectivity index (χ2v) is 19.3. The number of amides is 1. The number of allylic oxidation sites excluding steroid dienone is 2. The number of hydrogen-bond acceptors (Lipinski definition) is 10. The first-order chi connectivity index (χ1) is 31.2. The molecule has 1 saturated heterocycles. The van der Waals surface area contributed by atoms with Gasteiger partial charge in [0.2, 0.25) is 5.91 Å². The summed E-state index contributed by atoms with van der Waals surface area (Å²) in [4.78, 5) is 13.1. The summed E-state index contributed by atoms with van der Waals surface area (Å²) in [6, 6.07) is -1.18. The lowest BCUT2D eigenvalue weighted by molar-refractivity contribution is -0.303. The van der Waals surface area contributed by atoms with Crippen LogP contribution in [0.1, 0.15) is 251 Å². The topological polar surface area (TPSA) is 189 Å². The first-order valence-corrected chi connectivity index (χ1v) is 27.1. The molecule has 0 aromatic rings. The predicted octanol–water partition coefficient (Wildman–Crippen LogP) is 10.4. The number of hydrogen-bond donors (Lipinski definition) is 8. The van der Waals surface area contributed by atoms with Crippen molar-refractivity contribution in [1.82, 2.24) is 5.32 Å². The van der Waals surface area contributed by atoms with E-state index in [9.17, 15) is 40.5 Å². The minimum absolute atomic E-state index is 0.259. The Bertz CT molecular complexity index is 1050. The molecule has 0 saturated carbocycles. The van der Waals surface area contributed by atoms with Crippen molar-refractivity contribution in [2.75, 3.05) is 13.2 Å². The molecule has 1 aliphatic rings. The summed E-state index contributed by atoms with van der Waals surface area (Å²) in [6.45, 7) is 3.44. The lowest BCUT2D eigenvalue weighted by Crippen LogP contribution is -2.60. The fourth-order valence-corrected chi connectivity index (χ4v) is 8.85. The molecule has 64 heavy (non-hydrogen) atoms. The molecule has 380 valence electrons. The van der Waals surface area contributed by atoms with Gasteiger partial charge in [-0.3, -0.25) is 4.79 Å². The van der Waals surface area contributed by atoms with Crippen molar-refractivity contribution in [2.24, 2.45) is 0 Å². The van der Waals surface area contributed by atoms with Gasteiger partial charge in [-0.05, 0) is 38.5 Å². The van der Waals surface area contributed by atoms with E-state index in [-0.39, 0.29) is 12.8 Å². The van der Waals surface area contributed by atoms with Gasteiger partial charge in [0.05, 0.1) is 25.4 Å². The van der Waals surface area contributed by atoms with Crippen molar-refractivity contribution in [1.29, 1.82) is 0 Å². The zero-order chi connectivity index (χ0) is 46.9. The van der Waals surface area contributed by atoms with Crippen molar-refractivity contribution in [3.05, 3.63) is 12.2 Å². The van der Waals surface area contributed by atoms with Crippen molar-refractivity contribution < 1.29 is 50.0 Å². The van der Waals surface area contributed by atoms with Crippen molar-refractivity contribution >= 4 is 5.91 Å². The van der Waals surface area contributed by atoms with Gasteiger partial charge in [0.15, 0.2) is 6.29 Å². The van der Waals surface area contributed by atoms with E-state index in [0.29, 0.717) is 12.8 Å². The number of ether oxygens (including phenoxy) is 2. The third-order valence-corrected chi connectivity index (χ3v) is 13.3. The van der Waals surface area contributed by atoms with Gasteiger partial charge in [-0.25, -0.2) is 0 Å². The summed E-state index contributed by atoms with van der Waals surface area (Å²) in [5.74, 6) is -0.703. The Labute approximate surface area is 392 Å². The molecular formula is C53H103NO10. The number of unbranched alkanes of at least 4 members (excludes halogenated alkanes) is 32. The standard InChI is InChI=1S/C53H103NO10/c1-3-5-7-9-11-13-15-17-18-19-20-21-22-23-24-25-26-27-28-29-31-33-35-37-39-41-46(57)52(62)54-44(43-63-53-51(61)50(60)49(59)47(42-55)64-53)48(58)45(56)40-38-36-34-32-30-16-14-12-10-8-6-4-2/h32,34,44-51,53,55-61H,3-31,33,35-43H2,1-2H3,(H,54,62)/b34-32+. The van der Waals surface area contributed by atoms with E-state index >= 15 is 0 Å². The summed E-state index contributed by atoms with van der Waals surface area (Å²) in [7, 11) is 0. The predicted molar refractivity (Wildman–Crippen MR) is 261 cm³/mol. The molecule has 1 heterocycles. The maximum absolute atomic E-state index is 13.1. The van der Waals surface area contributed by atoms with Crippen LogP contribution < -0.4 is 5.32 Å². The van der Waals surface area contributed by atoms with Gasteiger partial charge < -0.3 is 50.5 Å². The number of aliphatic hydroxyl groups is 7. The molecule has 9 unspecified atom stereocenters. The number of carbonyl (C=O) groups is 1. The Morgan fingerprint density at radius 2 is 0.922 bits per heavy atom. The quantitative estimate of drug-likeness (QED) is 0.0216. The summed E-state index contributed by atoms with van der Waals surface area (Å²) in [5.41, 5.74) is 0. The largest absolute Gasteiger partial charge is 0.394 e. The molecule has 0 bridgehead atoms. The Hall–Kier alpha value is -1.15. The van der Waals surface area contributed by atoms with Crippen LogP contribution in [0, 0.1) is 0 Å². The normalized spacial score (nSPS) is 21.0. The smallest absolute Gasteiger partial charge is 0.249 e. The van der Waals surface area contributed by atoms with Gasteiger partial charge in [-0.1, -0.05) is 225 Å². The van der Waals surface area contributed by atoms with E-state index < -0.39 is 74.2 Å². The van der Waals surface area contributed by atoms with E-state index in [2.05, 4.69) is 31.3 Å². The minimum atomic E-state index is -1.66. The van der Waals surface area contributed by atoms with Crippen molar-refractivity contribution in [3.63, 3.8) is 0 Å². The van der Waals surface area contributed by atoms with Gasteiger partial charge in [0, 0.05) is 0 Å². The van der Waals surface area contributed by atoms with E-state index in [0.717, 1.165) is 38.5 Å². The maximum atomic E-state index is 13.1. The molecule has 1 fully saturated rings. The Kier molecular flexibility index (Phi) is 41.0. The average Bonchev–Trinajstić information content (AvgIpc) is 3.29. The van der Waals surface area contributed by atoms with Crippen LogP contribution in [0.25, 0.3) is 0 Å². The Morgan fingerprint density at radius 1 is 0.531 bits per heavy atom. The maximum Gasteiger partial charge on any atom is 0.249 e. The molecule has 8 N–H and O–H groups in total. The number of aliphatic hydroxyl groups excluding tert-OH is 7. The van der Waals surface area contributed by atoms with Crippen LogP contribution in [-0.4, -0.2) is 110 Å². The fraction of sp³-hybridized carbons (Fsp3) is 0.943. The Balaban J connectivity index is 2.28. The fourth-order valence-electron chi connectivity index (χ4n) is 8.85. The summed E-state index contributed by atoms with van der Waals surface area (Å²) in [5, 5.41) is 75.8. The first kappa shape index (κ1) is 60.9. The molecule has 0 spiro atoms. The van der Waals surface area contributed by atoms with E-state index in [1.54, 1.807) is 0 Å². The molecule has 0 aromatic heterocycles. The van der Waals surface area contributed by atoms with E-state index in [1.807, 2.05) is 0 Å². The highest BCUT2D eigenvalue weighted by molar-refractivity contribution is 5.80. The van der Waals surface area contributed by atoms with Crippen LogP contribution >= 0.6 is 0 Å². The first-order valence-electron chi connectivity index (χ1n) is 27.1. The zero-order valence-corrected chi connectivity index (χ0v) is 41.3. The van der Waals surface area contributed by atoms with Crippen LogP contribution in [0.2, 0.25) is 0 Å². The van der Waals surface area contributed by atoms with Gasteiger partial charge in [0.1, 0.15) is 36.6 Å². The van der Waals surface area contributed by atoms with Crippen LogP contribution in [0.15, 0.2) is 12.2 Å². The van der Waals surface area contributed by atoms with E-state index in [1.165, 1.54) is 173 Å². The Morgan fingerprint density at radius 3 is 1.34 bits per heavy atom. The average molecular weight is 914 g/mol. The highest BCUT2D eigenvalue weighted by Gasteiger charge is 2.44. The number of nitrogens with one attached hydrogen (secondary N) is 1. The molecule has 9 atom stereocenters. The molecule has 11 heteroatoms. The minimum Gasteiger partial charge on any atom is -0.394 e. The lowest BCUT2D eigenvalue weighted by atomic mass is 9.98. The second kappa shape index (κ2) is 43.2. The zero-order valence-electron chi connectivity index (χ0n) is 41.3. The molecule has 0 radical (unpaired) electrons. The number of carbonyl (C=O) groups excluding carboxylic acids is 1. The summed E-state index contributed by atoms with van der Waals surface area (Å²) < 4.78 is 11.1. The van der Waals surface area contributed by atoms with Crippen LogP contribution in [0.3, 0.4) is 0 Å². The van der Waals surface area contributed by atoms with Crippen molar-refractivity contribution in [2.45, 2.75) is 306 Å². The highest BCUT2D eigenvalue weighted by atomic mass is 16.7. The molecule has 1 rings (SSSR count). The monoisotopic (exact) mass is 914 g/mol. The molecule has 0 aromatic carbocycles. The van der Waals surface area contributed by atoms with Crippen LogP contribution in [-0.2, 0) is 14.3 Å². The summed E-state index contributed by atoms with van der Waals surface area (Å²) in [6.07, 6.45) is 37.1. The van der Waals surface area contributed by atoms with Crippen LogP contribution in [0.4, 0.5) is 0 Å². The third kappa shape index (κ3) is 31.8. The van der Waals surface area contributed by atoms with Gasteiger partial charge in [-0.2, -0.15) is 0 Å². The summed E-state index contributed by atoms with van der Waals surface area (Å²) >= 11 is 0. The third-order valence-electron chi connectivity index (χ3n) is 13.3. The van der Waals surface area contributed by atoms with Gasteiger partial charge >= 0.3 is 0 Å². The SMILES string of the molecule is CCCCCCCCC/C=C/CCCC(O)C(O)C(COC1OC(CO)C(O)C(O)C1O)NC(=O)C(O)CCCCCCCCCCCCCCCCCCCCCCCCCCC. The second-order valence-electron chi connectivity index (χ2n) is 19.3. The van der Waals surface area contributed by atoms with E-state index in [4.69, 9.17) is 9.47 Å². The lowest BCUT2D eigenvalue weighted by Gasteiger charge is -2.40. The molecule has 1 amide bonds. The molecule has 11 nitrogen and oxygen atoms in total. The molecule has 0 aliphatic carbocycles. The van der Waals surface area contributed by atoms with Crippen LogP contribution in [0.5, 0.6) is 0 Å². The highest BCUT2D eigenvalue weighted by Crippen LogP contribution is 2.23. The number of rotatable bonds is 46. The molecule has 1 aliphatic heterocycles.